The number of aryl methyl sites for hydroxylation is 2. The molecule has 0 fully saturated rings. The lowest BCUT2D eigenvalue weighted by Gasteiger charge is -2.12. The zero-order chi connectivity index (χ0) is 23.4. The van der Waals surface area contributed by atoms with Crippen LogP contribution >= 0.6 is 0 Å². The molecule has 8 nitrogen and oxygen atoms in total. The zero-order valence-electron chi connectivity index (χ0n) is 18.7. The summed E-state index contributed by atoms with van der Waals surface area (Å²) in [5.74, 6) is -0.983. The van der Waals surface area contributed by atoms with Crippen molar-refractivity contribution in [2.75, 3.05) is 0 Å². The number of fused-ring (bicyclic) bond motifs is 2. The van der Waals surface area contributed by atoms with E-state index in [0.29, 0.717) is 22.9 Å². The van der Waals surface area contributed by atoms with Crippen molar-refractivity contribution in [2.45, 2.75) is 46.1 Å². The molecule has 2 N–H and O–H groups in total. The number of aromatic nitrogens is 2. The quantitative estimate of drug-likeness (QED) is 0.333. The van der Waals surface area contributed by atoms with Gasteiger partial charge in [0.25, 0.3) is 11.5 Å². The fourth-order valence-electron chi connectivity index (χ4n) is 3.80. The Bertz CT molecular complexity index is 1390. The van der Waals surface area contributed by atoms with Gasteiger partial charge in [-0.1, -0.05) is 50.1 Å². The highest BCUT2D eigenvalue weighted by Crippen LogP contribution is 2.22. The molecule has 2 heterocycles. The highest BCUT2D eigenvalue weighted by atomic mass is 16.3. The van der Waals surface area contributed by atoms with Crippen LogP contribution in [0.3, 0.4) is 0 Å². The molecule has 0 aliphatic rings. The van der Waals surface area contributed by atoms with Crippen molar-refractivity contribution in [1.82, 2.24) is 20.6 Å². The number of benzene rings is 2. The minimum Gasteiger partial charge on any atom is -0.464 e. The number of unbranched alkanes of at least 4 members (excludes halogenated alkanes) is 2. The molecule has 33 heavy (non-hydrogen) atoms. The lowest BCUT2D eigenvalue weighted by atomic mass is 10.1. The van der Waals surface area contributed by atoms with Crippen molar-refractivity contribution in [1.29, 1.82) is 0 Å². The lowest BCUT2D eigenvalue weighted by molar-refractivity contribution is -0.121. The molecule has 0 spiro atoms. The zero-order valence-corrected chi connectivity index (χ0v) is 18.7. The maximum Gasteiger partial charge on any atom is 0.290 e. The molecule has 8 heteroatoms. The second-order valence-electron chi connectivity index (χ2n) is 8.07. The minimum atomic E-state index is -0.587. The van der Waals surface area contributed by atoms with Crippen LogP contribution in [-0.4, -0.2) is 21.6 Å². The molecule has 2 aromatic heterocycles. The average molecular weight is 447 g/mol. The van der Waals surface area contributed by atoms with Crippen LogP contribution in [0.1, 0.15) is 47.8 Å². The van der Waals surface area contributed by atoms with Crippen molar-refractivity contribution in [3.8, 4) is 0 Å². The van der Waals surface area contributed by atoms with E-state index in [4.69, 9.17) is 4.42 Å². The van der Waals surface area contributed by atoms with Gasteiger partial charge in [0, 0.05) is 22.9 Å². The Labute approximate surface area is 190 Å². The second-order valence-corrected chi connectivity index (χ2v) is 8.07. The van der Waals surface area contributed by atoms with E-state index in [0.717, 1.165) is 35.8 Å². The smallest absolute Gasteiger partial charge is 0.290 e. The third kappa shape index (κ3) is 4.79. The van der Waals surface area contributed by atoms with Gasteiger partial charge in [-0.15, -0.1) is 0 Å². The molecule has 0 saturated heterocycles. The number of hydrogen-bond donors (Lipinski definition) is 2. The number of hydrazine groups is 1. The van der Waals surface area contributed by atoms with Gasteiger partial charge in [-0.2, -0.15) is 5.10 Å². The van der Waals surface area contributed by atoms with Crippen molar-refractivity contribution in [3.05, 3.63) is 75.9 Å². The van der Waals surface area contributed by atoms with Gasteiger partial charge >= 0.3 is 0 Å². The number of rotatable bonds is 7. The summed E-state index contributed by atoms with van der Waals surface area (Å²) < 4.78 is 6.86. The summed E-state index contributed by atoms with van der Waals surface area (Å²) in [6.45, 7) is 4.47. The molecular formula is C25H26N4O4. The number of carbonyl (C=O) groups is 2. The Hall–Kier alpha value is -3.94. The van der Waals surface area contributed by atoms with Crippen LogP contribution in [0.25, 0.3) is 21.7 Å². The fourth-order valence-corrected chi connectivity index (χ4v) is 3.80. The first-order valence-electron chi connectivity index (χ1n) is 11.0. The van der Waals surface area contributed by atoms with E-state index in [9.17, 15) is 14.4 Å². The summed E-state index contributed by atoms with van der Waals surface area (Å²) >= 11 is 0. The molecule has 2 amide bonds. The summed E-state index contributed by atoms with van der Waals surface area (Å²) in [7, 11) is 0. The molecule has 0 atom stereocenters. The van der Waals surface area contributed by atoms with Gasteiger partial charge in [0.15, 0.2) is 5.69 Å². The SMILES string of the molecule is CCCCCn1nc(C(=O)NNC(=O)Cc2coc3cc(C)ccc23)c2ccccc2c1=O. The molecule has 0 radical (unpaired) electrons. The van der Waals surface area contributed by atoms with Gasteiger partial charge < -0.3 is 4.42 Å². The van der Waals surface area contributed by atoms with Crippen LogP contribution in [0.2, 0.25) is 0 Å². The molecule has 2 aromatic carbocycles. The van der Waals surface area contributed by atoms with Crippen molar-refractivity contribution in [3.63, 3.8) is 0 Å². The first kappa shape index (κ1) is 22.3. The highest BCUT2D eigenvalue weighted by molar-refractivity contribution is 6.05. The van der Waals surface area contributed by atoms with E-state index in [-0.39, 0.29) is 17.7 Å². The normalized spacial score (nSPS) is 11.1. The lowest BCUT2D eigenvalue weighted by Crippen LogP contribution is -2.43. The van der Waals surface area contributed by atoms with Crippen LogP contribution in [0.5, 0.6) is 0 Å². The van der Waals surface area contributed by atoms with E-state index in [1.807, 2.05) is 25.1 Å². The molecule has 0 unspecified atom stereocenters. The Morgan fingerprint density at radius 1 is 1.03 bits per heavy atom. The molecule has 0 saturated carbocycles. The first-order chi connectivity index (χ1) is 16.0. The predicted octanol–water partition coefficient (Wildman–Crippen LogP) is 3.65. The van der Waals surface area contributed by atoms with Gasteiger partial charge in [-0.25, -0.2) is 4.68 Å². The summed E-state index contributed by atoms with van der Waals surface area (Å²) in [4.78, 5) is 38.1. The summed E-state index contributed by atoms with van der Waals surface area (Å²) in [5.41, 5.74) is 7.23. The van der Waals surface area contributed by atoms with Crippen molar-refractivity contribution < 1.29 is 14.0 Å². The third-order valence-electron chi connectivity index (χ3n) is 5.53. The average Bonchev–Trinajstić information content (AvgIpc) is 3.20. The van der Waals surface area contributed by atoms with Crippen LogP contribution < -0.4 is 16.4 Å². The van der Waals surface area contributed by atoms with E-state index in [1.54, 1.807) is 30.5 Å². The Kier molecular flexibility index (Phi) is 6.53. The summed E-state index contributed by atoms with van der Waals surface area (Å²) in [5, 5.41) is 6.02. The number of furan rings is 1. The summed E-state index contributed by atoms with van der Waals surface area (Å²) in [6.07, 6.45) is 4.35. The van der Waals surface area contributed by atoms with Gasteiger partial charge in [-0.05, 0) is 31.0 Å². The Balaban J connectivity index is 1.50. The molecular weight excluding hydrogens is 420 g/mol. The van der Waals surface area contributed by atoms with Gasteiger partial charge in [-0.3, -0.25) is 25.2 Å². The van der Waals surface area contributed by atoms with Crippen molar-refractivity contribution >= 4 is 33.6 Å². The number of amides is 2. The standard InChI is InChI=1S/C25H26N4O4/c1-3-4-7-12-29-25(32)20-9-6-5-8-19(20)23(28-29)24(31)27-26-22(30)14-17-15-33-21-13-16(2)10-11-18(17)21/h5-6,8-11,13,15H,3-4,7,12,14H2,1-2H3,(H,26,30)(H,27,31). The maximum absolute atomic E-state index is 12.9. The van der Waals surface area contributed by atoms with E-state index < -0.39 is 11.8 Å². The maximum atomic E-state index is 12.9. The monoisotopic (exact) mass is 446 g/mol. The van der Waals surface area contributed by atoms with Crippen LogP contribution in [0, 0.1) is 6.92 Å². The third-order valence-corrected chi connectivity index (χ3v) is 5.53. The fraction of sp³-hybridized carbons (Fsp3) is 0.280. The molecule has 170 valence electrons. The molecule has 0 aliphatic carbocycles. The van der Waals surface area contributed by atoms with Gasteiger partial charge in [0.1, 0.15) is 5.58 Å². The van der Waals surface area contributed by atoms with E-state index >= 15 is 0 Å². The second kappa shape index (κ2) is 9.68. The largest absolute Gasteiger partial charge is 0.464 e. The molecule has 0 bridgehead atoms. The van der Waals surface area contributed by atoms with Gasteiger partial charge in [0.2, 0.25) is 5.91 Å². The van der Waals surface area contributed by atoms with Crippen LogP contribution in [0.15, 0.2) is 57.9 Å². The molecule has 4 aromatic rings. The Morgan fingerprint density at radius 3 is 2.61 bits per heavy atom. The number of nitrogens with one attached hydrogen (secondary N) is 2. The van der Waals surface area contributed by atoms with Crippen LogP contribution in [-0.2, 0) is 17.8 Å². The first-order valence-corrected chi connectivity index (χ1v) is 11.0. The minimum absolute atomic E-state index is 0.0427. The molecule has 4 rings (SSSR count). The van der Waals surface area contributed by atoms with Crippen LogP contribution in [0.4, 0.5) is 0 Å². The van der Waals surface area contributed by atoms with E-state index in [1.165, 1.54) is 4.68 Å². The number of nitrogens with zero attached hydrogens (tertiary/aromatic N) is 2. The molecule has 0 aliphatic heterocycles. The Morgan fingerprint density at radius 2 is 1.82 bits per heavy atom. The van der Waals surface area contributed by atoms with Gasteiger partial charge in [0.05, 0.1) is 18.1 Å². The predicted molar refractivity (Wildman–Crippen MR) is 126 cm³/mol. The highest BCUT2D eigenvalue weighted by Gasteiger charge is 2.18. The number of carbonyl (C=O) groups excluding carboxylic acids is 2. The topological polar surface area (TPSA) is 106 Å². The summed E-state index contributed by atoms with van der Waals surface area (Å²) in [6, 6.07) is 12.6. The van der Waals surface area contributed by atoms with Crippen molar-refractivity contribution in [2.24, 2.45) is 0 Å². The van der Waals surface area contributed by atoms with E-state index in [2.05, 4.69) is 22.9 Å². The number of hydrogen-bond acceptors (Lipinski definition) is 5.